The molecule has 152 valence electrons. The summed E-state index contributed by atoms with van der Waals surface area (Å²) < 4.78 is 10.9. The third kappa shape index (κ3) is 4.77. The monoisotopic (exact) mass is 409 g/mol. The Balaban J connectivity index is 1.63. The summed E-state index contributed by atoms with van der Waals surface area (Å²) in [7, 11) is 0. The van der Waals surface area contributed by atoms with Gasteiger partial charge in [0, 0.05) is 5.69 Å². The van der Waals surface area contributed by atoms with Crippen LogP contribution < -0.4 is 9.64 Å². The molecule has 0 bridgehead atoms. The maximum Gasteiger partial charge on any atom is 0.207 e. The van der Waals surface area contributed by atoms with Crippen LogP contribution in [0.1, 0.15) is 37.1 Å². The number of ether oxygens (including phenoxy) is 1. The number of likely N-dealkylation sites (tertiary alicyclic amines) is 1. The van der Waals surface area contributed by atoms with Gasteiger partial charge in [-0.1, -0.05) is 36.4 Å². The lowest BCUT2D eigenvalue weighted by atomic mass is 10.2. The molecule has 2 heterocycles. The summed E-state index contributed by atoms with van der Waals surface area (Å²) >= 11 is 5.85. The van der Waals surface area contributed by atoms with Crippen molar-refractivity contribution in [2.75, 3.05) is 13.1 Å². The summed E-state index contributed by atoms with van der Waals surface area (Å²) in [6, 6.07) is 18.3. The lowest BCUT2D eigenvalue weighted by Gasteiger charge is -2.16. The van der Waals surface area contributed by atoms with Crippen molar-refractivity contribution in [3.63, 3.8) is 0 Å². The van der Waals surface area contributed by atoms with Gasteiger partial charge >= 0.3 is 0 Å². The van der Waals surface area contributed by atoms with Gasteiger partial charge in [-0.2, -0.15) is 4.68 Å². The number of aryl methyl sites for hydroxylation is 1. The molecule has 0 unspecified atom stereocenters. The first kappa shape index (κ1) is 19.9. The molecule has 0 amide bonds. The highest BCUT2D eigenvalue weighted by Crippen LogP contribution is 2.19. The minimum atomic E-state index is 0.381. The highest BCUT2D eigenvalue weighted by Gasteiger charge is 2.18. The van der Waals surface area contributed by atoms with E-state index in [0.717, 1.165) is 34.3 Å². The van der Waals surface area contributed by atoms with Crippen LogP contribution in [-0.2, 0) is 13.3 Å². The molecule has 0 radical (unpaired) electrons. The van der Waals surface area contributed by atoms with E-state index in [4.69, 9.17) is 22.1 Å². The summed E-state index contributed by atoms with van der Waals surface area (Å²) in [4.78, 5) is 1.56. The Morgan fingerprint density at radius 1 is 0.966 bits per heavy atom. The Hall–Kier alpha value is -2.44. The average molecular weight is 410 g/mol. The van der Waals surface area contributed by atoms with E-state index < -0.39 is 0 Å². The van der Waals surface area contributed by atoms with Crippen LogP contribution in [-0.4, -0.2) is 27.4 Å². The quantitative estimate of drug-likeness (QED) is 0.631. The fourth-order valence-electron chi connectivity index (χ4n) is 3.94. The van der Waals surface area contributed by atoms with Crippen molar-refractivity contribution < 1.29 is 9.64 Å². The summed E-state index contributed by atoms with van der Waals surface area (Å²) in [6.07, 6.45) is 5.24. The Morgan fingerprint density at radius 3 is 2.38 bits per heavy atom. The Bertz CT molecular complexity index is 988. The average Bonchev–Trinajstić information content (AvgIpc) is 2.89. The molecule has 0 aliphatic carbocycles. The van der Waals surface area contributed by atoms with E-state index in [9.17, 15) is 0 Å². The number of nitrogens with zero attached hydrogens (tertiary/aromatic N) is 3. The van der Waals surface area contributed by atoms with E-state index >= 15 is 0 Å². The summed E-state index contributed by atoms with van der Waals surface area (Å²) in [5.74, 6) is 1.71. The molecule has 5 nitrogen and oxygen atoms in total. The standard InChI is InChI=1S/C23H28N4OS/c1-19-11-7-8-14-21(19)28-17-22-24-26(18-25-15-9-2-3-10-16-25)23(29)27(22)20-12-5-4-6-13-20/h4-8,11-14H,2-3,9-10,15-18H2,1H3/p+1. The molecular weight excluding hydrogens is 380 g/mol. The molecule has 1 fully saturated rings. The lowest BCUT2D eigenvalue weighted by molar-refractivity contribution is -0.922. The molecule has 0 saturated carbocycles. The van der Waals surface area contributed by atoms with Crippen LogP contribution >= 0.6 is 12.2 Å². The Kier molecular flexibility index (Phi) is 6.42. The highest BCUT2D eigenvalue weighted by molar-refractivity contribution is 7.71. The third-order valence-corrected chi connectivity index (χ3v) is 5.95. The van der Waals surface area contributed by atoms with Crippen molar-refractivity contribution in [1.82, 2.24) is 14.3 Å². The van der Waals surface area contributed by atoms with Crippen molar-refractivity contribution in [2.24, 2.45) is 0 Å². The zero-order valence-electron chi connectivity index (χ0n) is 17.0. The van der Waals surface area contributed by atoms with Crippen molar-refractivity contribution in [3.05, 3.63) is 70.8 Å². The normalized spacial score (nSPS) is 15.2. The van der Waals surface area contributed by atoms with Gasteiger partial charge < -0.3 is 9.64 Å². The van der Waals surface area contributed by atoms with Gasteiger partial charge in [0.05, 0.1) is 13.1 Å². The predicted octanol–water partition coefficient (Wildman–Crippen LogP) is 3.71. The molecule has 3 aromatic rings. The van der Waals surface area contributed by atoms with E-state index in [1.807, 2.05) is 45.6 Å². The van der Waals surface area contributed by atoms with E-state index in [0.29, 0.717) is 6.61 Å². The Morgan fingerprint density at radius 2 is 1.66 bits per heavy atom. The molecule has 0 atom stereocenters. The first-order valence-corrected chi connectivity index (χ1v) is 10.9. The molecule has 1 saturated heterocycles. The first-order valence-electron chi connectivity index (χ1n) is 10.5. The van der Waals surface area contributed by atoms with Crippen LogP contribution in [0.3, 0.4) is 0 Å². The van der Waals surface area contributed by atoms with Gasteiger partial charge in [-0.15, -0.1) is 5.10 Å². The highest BCUT2D eigenvalue weighted by atomic mass is 32.1. The number of hydrogen-bond donors (Lipinski definition) is 1. The van der Waals surface area contributed by atoms with Crippen molar-refractivity contribution in [3.8, 4) is 11.4 Å². The van der Waals surface area contributed by atoms with Crippen LogP contribution in [0.15, 0.2) is 54.6 Å². The van der Waals surface area contributed by atoms with Gasteiger partial charge in [0.15, 0.2) is 12.5 Å². The maximum absolute atomic E-state index is 6.11. The van der Waals surface area contributed by atoms with Crippen LogP contribution in [0.5, 0.6) is 5.75 Å². The molecule has 4 rings (SSSR count). The predicted molar refractivity (Wildman–Crippen MR) is 117 cm³/mol. The zero-order valence-corrected chi connectivity index (χ0v) is 17.8. The second-order valence-corrected chi connectivity index (χ2v) is 8.11. The molecule has 29 heavy (non-hydrogen) atoms. The number of hydrogen-bond acceptors (Lipinski definition) is 3. The first-order chi connectivity index (χ1) is 14.2. The minimum absolute atomic E-state index is 0.381. The topological polar surface area (TPSA) is 36.4 Å². The second-order valence-electron chi connectivity index (χ2n) is 7.75. The Labute approximate surface area is 177 Å². The second kappa shape index (κ2) is 9.37. The number of quaternary nitrogens is 1. The molecule has 1 aliphatic heterocycles. The zero-order chi connectivity index (χ0) is 20.1. The summed E-state index contributed by atoms with van der Waals surface area (Å²) in [5.41, 5.74) is 2.14. The van der Waals surface area contributed by atoms with Crippen LogP contribution in [0.4, 0.5) is 0 Å². The third-order valence-electron chi connectivity index (χ3n) is 5.56. The van der Waals surface area contributed by atoms with Gasteiger partial charge in [-0.25, -0.2) is 0 Å². The molecule has 0 spiro atoms. The van der Waals surface area contributed by atoms with Gasteiger partial charge in [0.2, 0.25) is 4.77 Å². The number of para-hydroxylation sites is 2. The maximum atomic E-state index is 6.11. The summed E-state index contributed by atoms with van der Waals surface area (Å²) in [6.45, 7) is 5.63. The molecule has 1 N–H and O–H groups in total. The number of aromatic nitrogens is 3. The van der Waals surface area contributed by atoms with Crippen LogP contribution in [0.25, 0.3) is 5.69 Å². The largest absolute Gasteiger partial charge is 0.485 e. The lowest BCUT2D eigenvalue weighted by Crippen LogP contribution is -3.11. The van der Waals surface area contributed by atoms with E-state index in [1.165, 1.54) is 38.8 Å². The van der Waals surface area contributed by atoms with Crippen molar-refractivity contribution >= 4 is 12.2 Å². The molecule has 6 heteroatoms. The van der Waals surface area contributed by atoms with Crippen molar-refractivity contribution in [1.29, 1.82) is 0 Å². The van der Waals surface area contributed by atoms with E-state index in [2.05, 4.69) is 25.1 Å². The molecular formula is C23H29N4OS+. The molecule has 1 aliphatic rings. The van der Waals surface area contributed by atoms with Gasteiger partial charge in [-0.3, -0.25) is 4.57 Å². The van der Waals surface area contributed by atoms with E-state index in [1.54, 1.807) is 4.90 Å². The SMILES string of the molecule is Cc1ccccc1OCc1nn(C[NH+]2CCCCCC2)c(=S)n1-c1ccccc1. The molecule has 2 aromatic carbocycles. The minimum Gasteiger partial charge on any atom is -0.485 e. The van der Waals surface area contributed by atoms with Gasteiger partial charge in [-0.05, 0) is 68.6 Å². The number of benzene rings is 2. The molecule has 1 aromatic heterocycles. The van der Waals surface area contributed by atoms with Crippen LogP contribution in [0, 0.1) is 11.7 Å². The fourth-order valence-corrected chi connectivity index (χ4v) is 4.26. The van der Waals surface area contributed by atoms with Gasteiger partial charge in [0.1, 0.15) is 12.4 Å². The number of rotatable bonds is 6. The van der Waals surface area contributed by atoms with Gasteiger partial charge in [0.25, 0.3) is 0 Å². The van der Waals surface area contributed by atoms with Crippen molar-refractivity contribution in [2.45, 2.75) is 45.9 Å². The number of nitrogens with one attached hydrogen (secondary N) is 1. The summed E-state index contributed by atoms with van der Waals surface area (Å²) in [5, 5.41) is 4.89. The fraction of sp³-hybridized carbons (Fsp3) is 0.391. The van der Waals surface area contributed by atoms with E-state index in [-0.39, 0.29) is 0 Å². The smallest absolute Gasteiger partial charge is 0.207 e. The van der Waals surface area contributed by atoms with Crippen LogP contribution in [0.2, 0.25) is 0 Å².